The van der Waals surface area contributed by atoms with E-state index in [0.29, 0.717) is 11.6 Å². The summed E-state index contributed by atoms with van der Waals surface area (Å²) in [6.45, 7) is 0. The number of hydrogen-bond acceptors (Lipinski definition) is 2. The van der Waals surface area contributed by atoms with Crippen LogP contribution in [0.5, 0.6) is 0 Å². The van der Waals surface area contributed by atoms with Crippen molar-refractivity contribution < 1.29 is 0 Å². The highest BCUT2D eigenvalue weighted by Crippen LogP contribution is 2.45. The molecule has 0 radical (unpaired) electrons. The Labute approximate surface area is 124 Å². The molecule has 1 aliphatic carbocycles. The first kappa shape index (κ1) is 14.0. The van der Waals surface area contributed by atoms with Crippen molar-refractivity contribution in [2.24, 2.45) is 10.7 Å². The number of nitrogens with zero attached hydrogens (tertiary/aromatic N) is 1. The molecule has 0 fully saturated rings. The van der Waals surface area contributed by atoms with Gasteiger partial charge >= 0.3 is 0 Å². The van der Waals surface area contributed by atoms with Gasteiger partial charge in [0.15, 0.2) is 0 Å². The van der Waals surface area contributed by atoms with Crippen LogP contribution < -0.4 is 5.73 Å². The fourth-order valence-corrected chi connectivity index (χ4v) is 2.56. The number of thiol groups is 1. The van der Waals surface area contributed by atoms with Crippen LogP contribution in [0.1, 0.15) is 17.2 Å². The normalized spacial score (nSPS) is 13.6. The van der Waals surface area contributed by atoms with E-state index in [2.05, 4.69) is 54.0 Å². The number of aliphatic imine (C=N–C) groups is 1. The molecule has 0 atom stereocenters. The van der Waals surface area contributed by atoms with Crippen LogP contribution in [0.2, 0.25) is 0 Å². The fraction of sp³-hybridized carbons (Fsp3) is 0.133. The van der Waals surface area contributed by atoms with Crippen molar-refractivity contribution >= 4 is 30.9 Å². The average molecular weight is 291 g/mol. The van der Waals surface area contributed by atoms with Crippen LogP contribution in [0, 0.1) is 0 Å². The molecular weight excluding hydrogens is 276 g/mol. The van der Waals surface area contributed by atoms with Gasteiger partial charge in [-0.05, 0) is 22.3 Å². The van der Waals surface area contributed by atoms with Crippen LogP contribution in [0.4, 0.5) is 0 Å². The van der Waals surface area contributed by atoms with Crippen LogP contribution in [-0.2, 0) is 0 Å². The summed E-state index contributed by atoms with van der Waals surface area (Å²) >= 11 is 4.17. The molecule has 3 rings (SSSR count). The molecule has 0 spiro atoms. The zero-order valence-corrected chi connectivity index (χ0v) is 12.0. The number of rotatable bonds is 2. The standard InChI is InChI=1S/C15H14N2S.ClH/c16-14(9-18)17-15-12-7-3-1-5-10(12)11-6-2-4-8-13(11)15;/h1-8,15,18H,9H2,(H2,16,17);1H. The zero-order valence-electron chi connectivity index (χ0n) is 10.3. The van der Waals surface area contributed by atoms with Crippen molar-refractivity contribution in [1.29, 1.82) is 0 Å². The quantitative estimate of drug-likeness (QED) is 0.496. The number of amidine groups is 1. The Bertz CT molecular complexity index is 580. The second-order valence-electron chi connectivity index (χ2n) is 4.36. The van der Waals surface area contributed by atoms with Gasteiger partial charge in [0.25, 0.3) is 0 Å². The van der Waals surface area contributed by atoms with Gasteiger partial charge in [-0.25, -0.2) is 0 Å². The van der Waals surface area contributed by atoms with E-state index in [1.165, 1.54) is 22.3 Å². The summed E-state index contributed by atoms with van der Waals surface area (Å²) in [5.74, 6) is 1.07. The largest absolute Gasteiger partial charge is 0.387 e. The van der Waals surface area contributed by atoms with Crippen molar-refractivity contribution in [2.75, 3.05) is 5.75 Å². The van der Waals surface area contributed by atoms with Gasteiger partial charge in [0.05, 0.1) is 0 Å². The maximum atomic E-state index is 5.84. The predicted molar refractivity (Wildman–Crippen MR) is 86.4 cm³/mol. The van der Waals surface area contributed by atoms with E-state index < -0.39 is 0 Å². The van der Waals surface area contributed by atoms with E-state index in [9.17, 15) is 0 Å². The molecule has 0 unspecified atom stereocenters. The minimum atomic E-state index is 0. The number of hydrogen-bond donors (Lipinski definition) is 2. The Balaban J connectivity index is 0.00000133. The van der Waals surface area contributed by atoms with Gasteiger partial charge in [0, 0.05) is 5.75 Å². The second kappa shape index (κ2) is 5.68. The minimum absolute atomic E-state index is 0. The molecular formula is C15H15ClN2S. The highest BCUT2D eigenvalue weighted by molar-refractivity contribution is 7.81. The Morgan fingerprint density at radius 1 is 1.00 bits per heavy atom. The lowest BCUT2D eigenvalue weighted by atomic mass is 10.1. The maximum absolute atomic E-state index is 5.84. The van der Waals surface area contributed by atoms with Crippen molar-refractivity contribution in [2.45, 2.75) is 6.04 Å². The van der Waals surface area contributed by atoms with Crippen molar-refractivity contribution in [3.63, 3.8) is 0 Å². The van der Waals surface area contributed by atoms with Gasteiger partial charge in [-0.15, -0.1) is 12.4 Å². The molecule has 0 bridgehead atoms. The Kier molecular flexibility index (Phi) is 4.17. The van der Waals surface area contributed by atoms with Crippen LogP contribution in [0.25, 0.3) is 11.1 Å². The molecule has 1 aliphatic rings. The van der Waals surface area contributed by atoms with Crippen molar-refractivity contribution in [3.05, 3.63) is 59.7 Å². The monoisotopic (exact) mass is 290 g/mol. The van der Waals surface area contributed by atoms with E-state index >= 15 is 0 Å². The van der Waals surface area contributed by atoms with Crippen LogP contribution in [0.3, 0.4) is 0 Å². The Morgan fingerprint density at radius 3 is 1.95 bits per heavy atom. The molecule has 4 heteroatoms. The topological polar surface area (TPSA) is 38.4 Å². The van der Waals surface area contributed by atoms with Crippen LogP contribution in [-0.4, -0.2) is 11.6 Å². The highest BCUT2D eigenvalue weighted by atomic mass is 35.5. The first-order valence-electron chi connectivity index (χ1n) is 5.92. The number of nitrogens with two attached hydrogens (primary N) is 1. The SMILES string of the molecule is Cl.NC(CS)=NC1c2ccccc2-c2ccccc21. The molecule has 2 aromatic rings. The molecule has 19 heavy (non-hydrogen) atoms. The minimum Gasteiger partial charge on any atom is -0.387 e. The van der Waals surface area contributed by atoms with E-state index in [0.717, 1.165) is 0 Å². The van der Waals surface area contributed by atoms with Gasteiger partial charge in [-0.2, -0.15) is 12.6 Å². The predicted octanol–water partition coefficient (Wildman–Crippen LogP) is 3.47. The third-order valence-electron chi connectivity index (χ3n) is 3.26. The smallest absolute Gasteiger partial charge is 0.105 e. The molecule has 98 valence electrons. The van der Waals surface area contributed by atoms with Crippen LogP contribution >= 0.6 is 25.0 Å². The summed E-state index contributed by atoms with van der Waals surface area (Å²) in [5.41, 5.74) is 10.8. The lowest BCUT2D eigenvalue weighted by molar-refractivity contribution is 0.898. The van der Waals surface area contributed by atoms with Gasteiger partial charge in [0.1, 0.15) is 11.9 Å². The van der Waals surface area contributed by atoms with Gasteiger partial charge in [0.2, 0.25) is 0 Å². The third kappa shape index (κ3) is 2.36. The van der Waals surface area contributed by atoms with Gasteiger partial charge in [-0.3, -0.25) is 4.99 Å². The maximum Gasteiger partial charge on any atom is 0.105 e. The molecule has 0 aromatic heterocycles. The first-order valence-corrected chi connectivity index (χ1v) is 6.55. The van der Waals surface area contributed by atoms with Crippen LogP contribution in [0.15, 0.2) is 53.5 Å². The van der Waals surface area contributed by atoms with Crippen molar-refractivity contribution in [1.82, 2.24) is 0 Å². The molecule has 2 N–H and O–H groups in total. The first-order chi connectivity index (χ1) is 8.81. The van der Waals surface area contributed by atoms with Gasteiger partial charge in [-0.1, -0.05) is 48.5 Å². The molecule has 0 heterocycles. The summed E-state index contributed by atoms with van der Waals surface area (Å²) in [5, 5.41) is 0. The zero-order chi connectivity index (χ0) is 12.5. The summed E-state index contributed by atoms with van der Waals surface area (Å²) < 4.78 is 0. The number of halogens is 1. The molecule has 2 aromatic carbocycles. The Hall–Kier alpha value is -1.45. The summed E-state index contributed by atoms with van der Waals surface area (Å²) in [7, 11) is 0. The molecule has 0 saturated heterocycles. The summed E-state index contributed by atoms with van der Waals surface area (Å²) in [4.78, 5) is 4.60. The molecule has 0 saturated carbocycles. The molecule has 2 nitrogen and oxygen atoms in total. The van der Waals surface area contributed by atoms with Gasteiger partial charge < -0.3 is 5.73 Å². The highest BCUT2D eigenvalue weighted by Gasteiger charge is 2.27. The lowest BCUT2D eigenvalue weighted by Crippen LogP contribution is -2.15. The number of benzene rings is 2. The third-order valence-corrected chi connectivity index (χ3v) is 3.58. The van der Waals surface area contributed by atoms with E-state index in [-0.39, 0.29) is 18.4 Å². The Morgan fingerprint density at radius 2 is 1.47 bits per heavy atom. The van der Waals surface area contributed by atoms with E-state index in [1.54, 1.807) is 0 Å². The van der Waals surface area contributed by atoms with E-state index in [4.69, 9.17) is 5.73 Å². The summed E-state index contributed by atoms with van der Waals surface area (Å²) in [6, 6.07) is 16.7. The molecule has 0 aliphatic heterocycles. The molecule has 0 amide bonds. The lowest BCUT2D eigenvalue weighted by Gasteiger charge is -2.09. The number of fused-ring (bicyclic) bond motifs is 3. The van der Waals surface area contributed by atoms with Crippen molar-refractivity contribution in [3.8, 4) is 11.1 Å². The summed E-state index contributed by atoms with van der Waals surface area (Å²) in [6.07, 6.45) is 0. The fourth-order valence-electron chi connectivity index (χ4n) is 2.47. The second-order valence-corrected chi connectivity index (χ2v) is 4.67. The van der Waals surface area contributed by atoms with E-state index in [1.807, 2.05) is 12.1 Å². The average Bonchev–Trinajstić information content (AvgIpc) is 2.74.